The fourth-order valence-electron chi connectivity index (χ4n) is 1.67. The van der Waals surface area contributed by atoms with Crippen LogP contribution in [0.5, 0.6) is 0 Å². The molecule has 7 nitrogen and oxygen atoms in total. The van der Waals surface area contributed by atoms with Crippen LogP contribution in [0.3, 0.4) is 0 Å². The van der Waals surface area contributed by atoms with Gasteiger partial charge >= 0.3 is 0 Å². The largest absolute Gasteiger partial charge is 0.336 e. The maximum atomic E-state index is 12.2. The van der Waals surface area contributed by atoms with Gasteiger partial charge in [-0.25, -0.2) is 4.98 Å². The van der Waals surface area contributed by atoms with E-state index in [4.69, 9.17) is 0 Å². The van der Waals surface area contributed by atoms with Crippen molar-refractivity contribution >= 4 is 28.3 Å². The lowest BCUT2D eigenvalue weighted by molar-refractivity contribution is -0.114. The van der Waals surface area contributed by atoms with Crippen molar-refractivity contribution in [1.82, 2.24) is 19.7 Å². The Hall–Kier alpha value is -2.22. The number of thiazole rings is 1. The second-order valence-electron chi connectivity index (χ2n) is 4.40. The molecule has 2 rings (SSSR count). The highest BCUT2D eigenvalue weighted by atomic mass is 32.1. The monoisotopic (exact) mass is 293 g/mol. The molecule has 2 aromatic rings. The van der Waals surface area contributed by atoms with Crippen LogP contribution in [-0.4, -0.2) is 38.5 Å². The van der Waals surface area contributed by atoms with E-state index in [1.54, 1.807) is 28.2 Å². The van der Waals surface area contributed by atoms with Gasteiger partial charge in [-0.05, 0) is 0 Å². The van der Waals surface area contributed by atoms with Crippen molar-refractivity contribution in [3.8, 4) is 0 Å². The number of rotatable bonds is 4. The third kappa shape index (κ3) is 3.41. The van der Waals surface area contributed by atoms with Gasteiger partial charge in [-0.3, -0.25) is 14.3 Å². The summed E-state index contributed by atoms with van der Waals surface area (Å²) in [5.41, 5.74) is 1.27. The van der Waals surface area contributed by atoms with Crippen LogP contribution in [0.25, 0.3) is 0 Å². The molecule has 0 aliphatic heterocycles. The fraction of sp³-hybridized carbons (Fsp3) is 0.333. The zero-order chi connectivity index (χ0) is 14.7. The van der Waals surface area contributed by atoms with Gasteiger partial charge in [0.25, 0.3) is 5.91 Å². The first-order chi connectivity index (χ1) is 9.45. The second kappa shape index (κ2) is 5.83. The van der Waals surface area contributed by atoms with Crippen LogP contribution in [0.4, 0.5) is 5.13 Å². The molecule has 20 heavy (non-hydrogen) atoms. The molecule has 0 bridgehead atoms. The van der Waals surface area contributed by atoms with E-state index >= 15 is 0 Å². The van der Waals surface area contributed by atoms with E-state index in [1.165, 1.54) is 18.3 Å². The summed E-state index contributed by atoms with van der Waals surface area (Å²) < 4.78 is 1.69. The average molecular weight is 293 g/mol. The molecule has 0 spiro atoms. The van der Waals surface area contributed by atoms with Crippen molar-refractivity contribution in [3.05, 3.63) is 29.0 Å². The van der Waals surface area contributed by atoms with E-state index in [0.29, 0.717) is 17.4 Å². The molecule has 2 heterocycles. The van der Waals surface area contributed by atoms with E-state index < -0.39 is 0 Å². The zero-order valence-electron chi connectivity index (χ0n) is 11.5. The van der Waals surface area contributed by atoms with Crippen molar-refractivity contribution in [3.63, 3.8) is 0 Å². The lowest BCUT2D eigenvalue weighted by Crippen LogP contribution is -2.26. The quantitative estimate of drug-likeness (QED) is 0.915. The summed E-state index contributed by atoms with van der Waals surface area (Å²) in [5.74, 6) is -0.399. The number of amides is 2. The van der Waals surface area contributed by atoms with Crippen molar-refractivity contribution in [2.24, 2.45) is 7.05 Å². The van der Waals surface area contributed by atoms with Gasteiger partial charge in [0.15, 0.2) is 5.13 Å². The minimum atomic E-state index is -0.206. The molecule has 0 atom stereocenters. The van der Waals surface area contributed by atoms with Gasteiger partial charge < -0.3 is 10.2 Å². The van der Waals surface area contributed by atoms with Crippen LogP contribution in [0, 0.1) is 0 Å². The van der Waals surface area contributed by atoms with Crippen molar-refractivity contribution in [1.29, 1.82) is 0 Å². The van der Waals surface area contributed by atoms with Gasteiger partial charge in [-0.15, -0.1) is 11.3 Å². The van der Waals surface area contributed by atoms with Crippen LogP contribution in [0.2, 0.25) is 0 Å². The minimum Gasteiger partial charge on any atom is -0.336 e. The van der Waals surface area contributed by atoms with Crippen molar-refractivity contribution in [2.75, 3.05) is 12.4 Å². The summed E-state index contributed by atoms with van der Waals surface area (Å²) in [4.78, 5) is 28.8. The predicted octanol–water partition coefficient (Wildman–Crippen LogP) is 1.11. The number of aromatic nitrogens is 3. The molecular formula is C12H15N5O2S. The first kappa shape index (κ1) is 14.2. The molecule has 8 heteroatoms. The van der Waals surface area contributed by atoms with Gasteiger partial charge in [-0.2, -0.15) is 5.10 Å². The summed E-state index contributed by atoms with van der Waals surface area (Å²) >= 11 is 1.23. The number of carbonyl (C=O) groups is 2. The Balaban J connectivity index is 2.02. The Morgan fingerprint density at radius 2 is 2.25 bits per heavy atom. The Kier molecular flexibility index (Phi) is 4.14. The molecule has 2 aromatic heterocycles. The molecule has 0 saturated carbocycles. The second-order valence-corrected chi connectivity index (χ2v) is 5.26. The Labute approximate surface area is 120 Å². The van der Waals surface area contributed by atoms with E-state index in [1.807, 2.05) is 13.2 Å². The van der Waals surface area contributed by atoms with Crippen LogP contribution in [-0.2, 0) is 18.4 Å². The molecule has 0 unspecified atom stereocenters. The van der Waals surface area contributed by atoms with Gasteiger partial charge in [0.2, 0.25) is 5.91 Å². The third-order valence-electron chi connectivity index (χ3n) is 2.53. The van der Waals surface area contributed by atoms with Gasteiger partial charge in [0.1, 0.15) is 5.69 Å². The van der Waals surface area contributed by atoms with Crippen molar-refractivity contribution < 1.29 is 9.59 Å². The summed E-state index contributed by atoms with van der Waals surface area (Å²) in [6.45, 7) is 1.86. The number of hydrogen-bond acceptors (Lipinski definition) is 5. The number of nitrogens with zero attached hydrogens (tertiary/aromatic N) is 4. The SMILES string of the molecule is CC(=O)Nc1nc(C(=O)N(C)Cc2cnn(C)c2)cs1. The van der Waals surface area contributed by atoms with Crippen LogP contribution in [0.1, 0.15) is 23.0 Å². The molecule has 0 radical (unpaired) electrons. The van der Waals surface area contributed by atoms with Crippen LogP contribution < -0.4 is 5.32 Å². The summed E-state index contributed by atoms with van der Waals surface area (Å²) in [7, 11) is 3.53. The Morgan fingerprint density at radius 3 is 2.85 bits per heavy atom. The van der Waals surface area contributed by atoms with E-state index in [9.17, 15) is 9.59 Å². The maximum Gasteiger partial charge on any atom is 0.273 e. The normalized spacial score (nSPS) is 10.3. The number of hydrogen-bond donors (Lipinski definition) is 1. The van der Waals surface area contributed by atoms with Crippen LogP contribution in [0.15, 0.2) is 17.8 Å². The molecule has 0 fully saturated rings. The van der Waals surface area contributed by atoms with Crippen LogP contribution >= 0.6 is 11.3 Å². The highest BCUT2D eigenvalue weighted by molar-refractivity contribution is 7.14. The molecule has 2 amide bonds. The van der Waals surface area contributed by atoms with Crippen molar-refractivity contribution in [2.45, 2.75) is 13.5 Å². The first-order valence-corrected chi connectivity index (χ1v) is 6.80. The topological polar surface area (TPSA) is 80.1 Å². The third-order valence-corrected chi connectivity index (χ3v) is 3.29. The summed E-state index contributed by atoms with van der Waals surface area (Å²) in [5, 5.41) is 8.67. The van der Waals surface area contributed by atoms with Gasteiger partial charge in [0, 0.05) is 44.7 Å². The summed E-state index contributed by atoms with van der Waals surface area (Å²) in [6.07, 6.45) is 3.57. The molecule has 106 valence electrons. The number of carbonyl (C=O) groups excluding carboxylic acids is 2. The number of nitrogens with one attached hydrogen (secondary N) is 1. The van der Waals surface area contributed by atoms with E-state index in [0.717, 1.165) is 5.56 Å². The van der Waals surface area contributed by atoms with Gasteiger partial charge in [0.05, 0.1) is 6.20 Å². The first-order valence-electron chi connectivity index (χ1n) is 5.92. The standard InChI is InChI=1S/C12H15N5O2S/c1-8(18)14-12-15-10(7-20-12)11(19)16(2)5-9-4-13-17(3)6-9/h4,6-7H,5H2,1-3H3,(H,14,15,18). The molecule has 0 saturated heterocycles. The number of aryl methyl sites for hydroxylation is 1. The summed E-state index contributed by atoms with van der Waals surface area (Å²) in [6, 6.07) is 0. The molecular weight excluding hydrogens is 278 g/mol. The zero-order valence-corrected chi connectivity index (χ0v) is 12.3. The fourth-order valence-corrected chi connectivity index (χ4v) is 2.41. The van der Waals surface area contributed by atoms with E-state index in [2.05, 4.69) is 15.4 Å². The lowest BCUT2D eigenvalue weighted by Gasteiger charge is -2.14. The molecule has 1 N–H and O–H groups in total. The number of anilines is 1. The molecule has 0 aliphatic rings. The highest BCUT2D eigenvalue weighted by Crippen LogP contribution is 2.17. The maximum absolute atomic E-state index is 12.2. The molecule has 0 aliphatic carbocycles. The smallest absolute Gasteiger partial charge is 0.273 e. The Bertz CT molecular complexity index is 633. The minimum absolute atomic E-state index is 0.193. The van der Waals surface area contributed by atoms with Gasteiger partial charge in [-0.1, -0.05) is 0 Å². The lowest BCUT2D eigenvalue weighted by atomic mass is 10.3. The predicted molar refractivity (Wildman–Crippen MR) is 75.4 cm³/mol. The van der Waals surface area contributed by atoms with E-state index in [-0.39, 0.29) is 11.8 Å². The average Bonchev–Trinajstić information content (AvgIpc) is 2.97. The molecule has 0 aromatic carbocycles. The highest BCUT2D eigenvalue weighted by Gasteiger charge is 2.16. The Morgan fingerprint density at radius 1 is 1.50 bits per heavy atom.